The normalized spacial score (nSPS) is 14.0. The Hall–Kier alpha value is -2.05. The molecule has 3 rings (SSSR count). The fraction of sp³-hybridized carbons (Fsp3) is 0.333. The van der Waals surface area contributed by atoms with E-state index in [0.29, 0.717) is 36.1 Å². The number of carbonyl (C=O) groups excluding carboxylic acids is 2. The van der Waals surface area contributed by atoms with Gasteiger partial charge >= 0.3 is 6.03 Å². The molecule has 0 radical (unpaired) electrons. The summed E-state index contributed by atoms with van der Waals surface area (Å²) in [6.45, 7) is 3.71. The fourth-order valence-corrected chi connectivity index (χ4v) is 3.97. The van der Waals surface area contributed by atoms with Crippen molar-refractivity contribution < 1.29 is 9.59 Å². The van der Waals surface area contributed by atoms with Crippen LogP contribution in [0.4, 0.5) is 16.2 Å². The van der Waals surface area contributed by atoms with E-state index in [1.54, 1.807) is 9.80 Å². The zero-order valence-corrected chi connectivity index (χ0v) is 15.6. The van der Waals surface area contributed by atoms with Crippen LogP contribution in [-0.4, -0.2) is 29.9 Å². The fourth-order valence-electron chi connectivity index (χ4n) is 2.86. The molecule has 7 heteroatoms. The third kappa shape index (κ3) is 4.14. The van der Waals surface area contributed by atoms with Gasteiger partial charge in [0.25, 0.3) is 0 Å². The number of halogens is 1. The van der Waals surface area contributed by atoms with Gasteiger partial charge in [-0.25, -0.2) is 4.79 Å². The third-order valence-electron chi connectivity index (χ3n) is 4.15. The van der Waals surface area contributed by atoms with E-state index in [2.05, 4.69) is 5.32 Å². The van der Waals surface area contributed by atoms with E-state index in [1.807, 2.05) is 43.3 Å². The van der Waals surface area contributed by atoms with Gasteiger partial charge in [0, 0.05) is 24.4 Å². The second-order valence-electron chi connectivity index (χ2n) is 5.82. The van der Waals surface area contributed by atoms with E-state index < -0.39 is 0 Å². The molecule has 1 fully saturated rings. The average Bonchev–Trinajstić information content (AvgIpc) is 3.21. The highest BCUT2D eigenvalue weighted by Gasteiger charge is 2.24. The summed E-state index contributed by atoms with van der Waals surface area (Å²) in [5, 5.41) is 2.95. The Morgan fingerprint density at radius 2 is 2.12 bits per heavy atom. The third-order valence-corrected chi connectivity index (χ3v) is 5.37. The Labute approximate surface area is 156 Å². The minimum atomic E-state index is -0.189. The number of hydrogen-bond acceptors (Lipinski definition) is 3. The van der Waals surface area contributed by atoms with Crippen LogP contribution in [0.15, 0.2) is 36.4 Å². The van der Waals surface area contributed by atoms with Crippen molar-refractivity contribution >= 4 is 46.3 Å². The zero-order chi connectivity index (χ0) is 17.8. The molecule has 1 aliphatic heterocycles. The first-order valence-electron chi connectivity index (χ1n) is 8.28. The van der Waals surface area contributed by atoms with Crippen LogP contribution in [0.1, 0.15) is 24.6 Å². The van der Waals surface area contributed by atoms with E-state index in [0.717, 1.165) is 17.0 Å². The van der Waals surface area contributed by atoms with Gasteiger partial charge in [0.1, 0.15) is 0 Å². The van der Waals surface area contributed by atoms with Crippen LogP contribution >= 0.6 is 22.9 Å². The van der Waals surface area contributed by atoms with Gasteiger partial charge in [-0.3, -0.25) is 4.79 Å². The number of anilines is 2. The van der Waals surface area contributed by atoms with E-state index in [1.165, 1.54) is 11.3 Å². The summed E-state index contributed by atoms with van der Waals surface area (Å²) in [5.41, 5.74) is 1.42. The molecule has 0 atom stereocenters. The van der Waals surface area contributed by atoms with Gasteiger partial charge in [-0.2, -0.15) is 0 Å². The smallest absolute Gasteiger partial charge is 0.320 e. The largest absolute Gasteiger partial charge is 0.322 e. The second-order valence-corrected chi connectivity index (χ2v) is 7.62. The molecular formula is C18H20ClN3O2S. The number of hydrogen-bond donors (Lipinski definition) is 1. The minimum absolute atomic E-state index is 0.0993. The topological polar surface area (TPSA) is 52.7 Å². The Kier molecular flexibility index (Phi) is 5.60. The molecule has 1 aromatic carbocycles. The first-order chi connectivity index (χ1) is 12.1. The summed E-state index contributed by atoms with van der Waals surface area (Å²) in [6.07, 6.45) is 1.41. The molecule has 0 saturated carbocycles. The van der Waals surface area contributed by atoms with E-state index in [4.69, 9.17) is 11.6 Å². The molecule has 5 nitrogen and oxygen atoms in total. The van der Waals surface area contributed by atoms with Crippen molar-refractivity contribution in [2.75, 3.05) is 23.3 Å². The van der Waals surface area contributed by atoms with Crippen molar-refractivity contribution in [3.63, 3.8) is 0 Å². The standard InChI is InChI=1S/C18H20ClN3O2S/c1-2-21(12-13-9-10-16(19)25-13)18(24)20-14-6-3-4-7-15(14)22-11-5-8-17(22)23/h3-4,6-7,9-10H,2,5,8,11-12H2,1H3,(H,20,24). The molecule has 132 valence electrons. The van der Waals surface area contributed by atoms with Gasteiger partial charge in [0.15, 0.2) is 0 Å². The van der Waals surface area contributed by atoms with Crippen LogP contribution in [0, 0.1) is 0 Å². The number of urea groups is 1. The van der Waals surface area contributed by atoms with E-state index in [-0.39, 0.29) is 11.9 Å². The van der Waals surface area contributed by atoms with Crippen LogP contribution < -0.4 is 10.2 Å². The number of carbonyl (C=O) groups is 2. The van der Waals surface area contributed by atoms with E-state index >= 15 is 0 Å². The van der Waals surface area contributed by atoms with Crippen LogP contribution in [0.5, 0.6) is 0 Å². The summed E-state index contributed by atoms with van der Waals surface area (Å²) in [7, 11) is 0. The van der Waals surface area contributed by atoms with Gasteiger partial charge in [0.05, 0.1) is 22.3 Å². The molecule has 1 N–H and O–H groups in total. The molecule has 0 aliphatic carbocycles. The zero-order valence-electron chi connectivity index (χ0n) is 14.0. The number of para-hydroxylation sites is 2. The summed E-state index contributed by atoms with van der Waals surface area (Å²) in [5.74, 6) is 0.0993. The first-order valence-corrected chi connectivity index (χ1v) is 9.47. The molecule has 1 aromatic heterocycles. The van der Waals surface area contributed by atoms with Crippen molar-refractivity contribution in [1.29, 1.82) is 0 Å². The van der Waals surface area contributed by atoms with Gasteiger partial charge in [-0.15, -0.1) is 11.3 Å². The summed E-state index contributed by atoms with van der Waals surface area (Å²) < 4.78 is 0.712. The molecule has 0 unspecified atom stereocenters. The second kappa shape index (κ2) is 7.89. The Morgan fingerprint density at radius 3 is 2.76 bits per heavy atom. The number of benzene rings is 1. The summed E-state index contributed by atoms with van der Waals surface area (Å²) in [4.78, 5) is 29.2. The molecule has 2 aromatic rings. The highest BCUT2D eigenvalue weighted by molar-refractivity contribution is 7.16. The van der Waals surface area contributed by atoms with Crippen molar-refractivity contribution in [3.8, 4) is 0 Å². The monoisotopic (exact) mass is 377 g/mol. The lowest BCUT2D eigenvalue weighted by atomic mass is 10.2. The van der Waals surface area contributed by atoms with Crippen molar-refractivity contribution in [1.82, 2.24) is 4.90 Å². The maximum atomic E-state index is 12.7. The van der Waals surface area contributed by atoms with Crippen molar-refractivity contribution in [3.05, 3.63) is 45.6 Å². The maximum absolute atomic E-state index is 12.7. The molecule has 3 amide bonds. The molecule has 0 spiro atoms. The minimum Gasteiger partial charge on any atom is -0.320 e. The van der Waals surface area contributed by atoms with E-state index in [9.17, 15) is 9.59 Å². The van der Waals surface area contributed by atoms with Gasteiger partial charge in [-0.1, -0.05) is 23.7 Å². The highest BCUT2D eigenvalue weighted by atomic mass is 35.5. The first kappa shape index (κ1) is 17.8. The SMILES string of the molecule is CCN(Cc1ccc(Cl)s1)C(=O)Nc1ccccc1N1CCCC1=O. The lowest BCUT2D eigenvalue weighted by Crippen LogP contribution is -2.35. The van der Waals surface area contributed by atoms with Gasteiger partial charge in [0.2, 0.25) is 5.91 Å². The molecule has 1 aliphatic rings. The number of thiophene rings is 1. The van der Waals surface area contributed by atoms with Gasteiger partial charge < -0.3 is 15.1 Å². The number of amides is 3. The average molecular weight is 378 g/mol. The van der Waals surface area contributed by atoms with Crippen molar-refractivity contribution in [2.24, 2.45) is 0 Å². The Bertz CT molecular complexity index is 777. The predicted octanol–water partition coefficient (Wildman–Crippen LogP) is 4.58. The predicted molar refractivity (Wildman–Crippen MR) is 102 cm³/mol. The lowest BCUT2D eigenvalue weighted by Gasteiger charge is -2.24. The Morgan fingerprint density at radius 1 is 1.32 bits per heavy atom. The molecule has 0 bridgehead atoms. The van der Waals surface area contributed by atoms with Crippen LogP contribution in [0.25, 0.3) is 0 Å². The lowest BCUT2D eigenvalue weighted by molar-refractivity contribution is -0.117. The quantitative estimate of drug-likeness (QED) is 0.828. The molecular weight excluding hydrogens is 358 g/mol. The van der Waals surface area contributed by atoms with Crippen LogP contribution in [0.3, 0.4) is 0 Å². The highest BCUT2D eigenvalue weighted by Crippen LogP contribution is 2.30. The molecule has 2 heterocycles. The van der Waals surface area contributed by atoms with Gasteiger partial charge in [-0.05, 0) is 37.6 Å². The van der Waals surface area contributed by atoms with Crippen LogP contribution in [-0.2, 0) is 11.3 Å². The number of nitrogens with one attached hydrogen (secondary N) is 1. The summed E-state index contributed by atoms with van der Waals surface area (Å²) >= 11 is 7.44. The van der Waals surface area contributed by atoms with Crippen LogP contribution in [0.2, 0.25) is 4.34 Å². The maximum Gasteiger partial charge on any atom is 0.322 e. The summed E-state index contributed by atoms with van der Waals surface area (Å²) in [6, 6.07) is 11.0. The molecule has 25 heavy (non-hydrogen) atoms. The van der Waals surface area contributed by atoms with Crippen molar-refractivity contribution in [2.45, 2.75) is 26.3 Å². The number of nitrogens with zero attached hydrogens (tertiary/aromatic N) is 2. The number of rotatable bonds is 5. The molecule has 1 saturated heterocycles. The Balaban J connectivity index is 1.74.